The summed E-state index contributed by atoms with van der Waals surface area (Å²) >= 11 is 3.79. The van der Waals surface area contributed by atoms with Crippen molar-refractivity contribution in [3.8, 4) is 17.2 Å². The molecule has 0 saturated carbocycles. The minimum atomic E-state index is -0.594. The molecule has 0 bridgehead atoms. The van der Waals surface area contributed by atoms with Crippen molar-refractivity contribution >= 4 is 27.5 Å². The fourth-order valence-corrected chi connectivity index (χ4v) is 5.06. The molecule has 0 radical (unpaired) electrons. The topological polar surface area (TPSA) is 48.0 Å². The molecule has 2 heterocycles. The van der Waals surface area contributed by atoms with Gasteiger partial charge < -0.3 is 14.2 Å². The molecule has 4 rings (SSSR count). The number of fused-ring (bicyclic) bond motifs is 1. The quantitative estimate of drug-likeness (QED) is 0.279. The molecule has 2 aliphatic heterocycles. The zero-order chi connectivity index (χ0) is 25.9. The summed E-state index contributed by atoms with van der Waals surface area (Å²) in [5.74, 6) is 1.77. The van der Waals surface area contributed by atoms with E-state index in [0.717, 1.165) is 65.0 Å². The number of nitrogens with zero attached hydrogens (tertiary/aromatic N) is 1. The Labute approximate surface area is 221 Å². The van der Waals surface area contributed by atoms with E-state index in [1.165, 1.54) is 0 Å². The number of halogens is 2. The lowest BCUT2D eigenvalue weighted by Crippen LogP contribution is -2.26. The predicted molar refractivity (Wildman–Crippen MR) is 144 cm³/mol. The van der Waals surface area contributed by atoms with Gasteiger partial charge in [0, 0.05) is 47.7 Å². The zero-order valence-electron chi connectivity index (χ0n) is 21.5. The van der Waals surface area contributed by atoms with Crippen LogP contribution in [0.3, 0.4) is 0 Å². The predicted octanol–water partition coefficient (Wildman–Crippen LogP) is 6.70. The molecule has 36 heavy (non-hydrogen) atoms. The van der Waals surface area contributed by atoms with E-state index in [-0.39, 0.29) is 18.7 Å². The standard InChI is InChI=1S/C29H35BrFNO4/c1-19-16-23-26(17-25(19)36-28(33)29(2,3)4)34-15-11-24(30)27(23)20-6-8-21(9-7-20)35-22-10-14-32(18-22)13-5-12-31/h6-9,16-17,22H,5,10-15,18H2,1-4H3. The number of carbonyl (C=O) groups excluding carboxylic acids is 1. The number of rotatable bonds is 7. The lowest BCUT2D eigenvalue weighted by Gasteiger charge is -2.20. The number of benzene rings is 2. The first-order chi connectivity index (χ1) is 17.2. The maximum atomic E-state index is 12.5. The molecule has 7 heteroatoms. The van der Waals surface area contributed by atoms with Crippen molar-refractivity contribution in [2.75, 3.05) is 32.9 Å². The number of likely N-dealkylation sites (tertiary alicyclic amines) is 1. The van der Waals surface area contributed by atoms with Gasteiger partial charge in [-0.2, -0.15) is 0 Å². The van der Waals surface area contributed by atoms with Gasteiger partial charge in [0.2, 0.25) is 0 Å². The van der Waals surface area contributed by atoms with Gasteiger partial charge in [-0.05, 0) is 69.9 Å². The van der Waals surface area contributed by atoms with E-state index in [1.54, 1.807) is 0 Å². The molecular formula is C29H35BrFNO4. The Morgan fingerprint density at radius 3 is 2.67 bits per heavy atom. The summed E-state index contributed by atoms with van der Waals surface area (Å²) in [6, 6.07) is 12.0. The molecule has 1 saturated heterocycles. The highest BCUT2D eigenvalue weighted by Crippen LogP contribution is 2.42. The minimum absolute atomic E-state index is 0.130. The van der Waals surface area contributed by atoms with Crippen molar-refractivity contribution in [3.05, 3.63) is 57.6 Å². The molecular weight excluding hydrogens is 525 g/mol. The maximum absolute atomic E-state index is 12.5. The van der Waals surface area contributed by atoms with Crippen LogP contribution in [0, 0.1) is 12.3 Å². The molecule has 0 aliphatic carbocycles. The average Bonchev–Trinajstić information content (AvgIpc) is 3.21. The molecule has 0 amide bonds. The summed E-state index contributed by atoms with van der Waals surface area (Å²) in [4.78, 5) is 14.7. The van der Waals surface area contributed by atoms with Gasteiger partial charge in [0.25, 0.3) is 0 Å². The summed E-state index contributed by atoms with van der Waals surface area (Å²) in [6.07, 6.45) is 2.40. The summed E-state index contributed by atoms with van der Waals surface area (Å²) in [7, 11) is 0. The smallest absolute Gasteiger partial charge is 0.316 e. The molecule has 5 nitrogen and oxygen atoms in total. The number of hydrogen-bond acceptors (Lipinski definition) is 5. The Hall–Kier alpha value is -2.38. The Bertz CT molecular complexity index is 1120. The number of ether oxygens (including phenoxy) is 3. The number of aryl methyl sites for hydroxylation is 1. The van der Waals surface area contributed by atoms with E-state index < -0.39 is 5.41 Å². The molecule has 0 aromatic heterocycles. The van der Waals surface area contributed by atoms with Crippen LogP contribution >= 0.6 is 15.9 Å². The second-order valence-corrected chi connectivity index (χ2v) is 11.5. The monoisotopic (exact) mass is 559 g/mol. The van der Waals surface area contributed by atoms with Crippen LogP contribution in [0.4, 0.5) is 4.39 Å². The van der Waals surface area contributed by atoms with Crippen LogP contribution in [0.1, 0.15) is 56.7 Å². The largest absolute Gasteiger partial charge is 0.492 e. The van der Waals surface area contributed by atoms with Gasteiger partial charge in [-0.25, -0.2) is 0 Å². The normalized spacial score (nSPS) is 18.4. The van der Waals surface area contributed by atoms with Crippen molar-refractivity contribution in [2.45, 2.75) is 53.1 Å². The molecule has 194 valence electrons. The first-order valence-corrected chi connectivity index (χ1v) is 13.4. The van der Waals surface area contributed by atoms with Gasteiger partial charge in [0.05, 0.1) is 18.7 Å². The summed E-state index contributed by atoms with van der Waals surface area (Å²) in [6.45, 7) is 10.3. The third-order valence-electron chi connectivity index (χ3n) is 6.49. The number of hydrogen-bond donors (Lipinski definition) is 0. The molecule has 1 fully saturated rings. The van der Waals surface area contributed by atoms with Gasteiger partial charge in [-0.3, -0.25) is 14.1 Å². The van der Waals surface area contributed by atoms with E-state index in [0.29, 0.717) is 24.5 Å². The van der Waals surface area contributed by atoms with Crippen LogP contribution in [0.2, 0.25) is 0 Å². The number of esters is 1. The molecule has 2 aliphatic rings. The fourth-order valence-electron chi connectivity index (χ4n) is 4.45. The van der Waals surface area contributed by atoms with Gasteiger partial charge in [0.15, 0.2) is 0 Å². The molecule has 2 aromatic rings. The van der Waals surface area contributed by atoms with Crippen molar-refractivity contribution in [3.63, 3.8) is 0 Å². The van der Waals surface area contributed by atoms with E-state index in [4.69, 9.17) is 14.2 Å². The van der Waals surface area contributed by atoms with Gasteiger partial charge in [-0.1, -0.05) is 28.1 Å². The lowest BCUT2D eigenvalue weighted by molar-refractivity contribution is -0.143. The average molecular weight is 561 g/mol. The summed E-state index contributed by atoms with van der Waals surface area (Å²) in [5, 5.41) is 0. The van der Waals surface area contributed by atoms with Gasteiger partial charge >= 0.3 is 5.97 Å². The molecule has 2 aromatic carbocycles. The van der Waals surface area contributed by atoms with Crippen LogP contribution in [0.15, 0.2) is 40.9 Å². The van der Waals surface area contributed by atoms with Crippen LogP contribution < -0.4 is 14.2 Å². The Balaban J connectivity index is 1.54. The van der Waals surface area contributed by atoms with Crippen molar-refractivity contribution < 1.29 is 23.4 Å². The number of carbonyl (C=O) groups is 1. The SMILES string of the molecule is Cc1cc2c(cc1OC(=O)C(C)(C)C)OCCC(Br)=C2c1ccc(OC2CCN(CCCF)C2)cc1. The Morgan fingerprint density at radius 1 is 1.22 bits per heavy atom. The Kier molecular flexibility index (Phi) is 8.41. The molecule has 0 N–H and O–H groups in total. The van der Waals surface area contributed by atoms with Crippen molar-refractivity contribution in [2.24, 2.45) is 5.41 Å². The third kappa shape index (κ3) is 6.30. The van der Waals surface area contributed by atoms with Crippen LogP contribution in [0.5, 0.6) is 17.2 Å². The molecule has 0 spiro atoms. The summed E-state index contributed by atoms with van der Waals surface area (Å²) in [5.41, 5.74) is 3.34. The maximum Gasteiger partial charge on any atom is 0.316 e. The van der Waals surface area contributed by atoms with E-state index in [2.05, 4.69) is 33.0 Å². The second kappa shape index (κ2) is 11.3. The van der Waals surface area contributed by atoms with Crippen LogP contribution in [0.25, 0.3) is 5.57 Å². The highest BCUT2D eigenvalue weighted by atomic mass is 79.9. The van der Waals surface area contributed by atoms with Crippen LogP contribution in [-0.2, 0) is 4.79 Å². The van der Waals surface area contributed by atoms with Gasteiger partial charge in [0.1, 0.15) is 23.4 Å². The number of alkyl halides is 1. The Morgan fingerprint density at radius 2 is 1.97 bits per heavy atom. The van der Waals surface area contributed by atoms with Gasteiger partial charge in [-0.15, -0.1) is 0 Å². The third-order valence-corrected chi connectivity index (χ3v) is 7.29. The molecule has 1 atom stereocenters. The first-order valence-electron chi connectivity index (χ1n) is 12.6. The van der Waals surface area contributed by atoms with E-state index in [9.17, 15) is 9.18 Å². The highest BCUT2D eigenvalue weighted by molar-refractivity contribution is 9.11. The van der Waals surface area contributed by atoms with Crippen LogP contribution in [-0.4, -0.2) is 49.9 Å². The lowest BCUT2D eigenvalue weighted by atomic mass is 9.94. The summed E-state index contributed by atoms with van der Waals surface area (Å²) < 4.78 is 31.5. The zero-order valence-corrected chi connectivity index (χ0v) is 23.1. The van der Waals surface area contributed by atoms with Crippen molar-refractivity contribution in [1.29, 1.82) is 0 Å². The van der Waals surface area contributed by atoms with Crippen molar-refractivity contribution in [1.82, 2.24) is 4.90 Å². The van der Waals surface area contributed by atoms with E-state index in [1.807, 2.05) is 52.0 Å². The second-order valence-electron chi connectivity index (χ2n) is 10.5. The van der Waals surface area contributed by atoms with E-state index >= 15 is 0 Å². The highest BCUT2D eigenvalue weighted by Gasteiger charge is 2.27. The fraction of sp³-hybridized carbons (Fsp3) is 0.483. The molecule has 1 unspecified atom stereocenters. The minimum Gasteiger partial charge on any atom is -0.492 e. The first kappa shape index (κ1) is 26.7.